The number of carbonyl (C=O) groups is 1. The molecule has 0 aliphatic carbocycles. The van der Waals surface area contributed by atoms with Crippen LogP contribution in [0.2, 0.25) is 0 Å². The summed E-state index contributed by atoms with van der Waals surface area (Å²) < 4.78 is 0. The van der Waals surface area contributed by atoms with Gasteiger partial charge in [0.05, 0.1) is 12.6 Å². The van der Waals surface area contributed by atoms with Crippen molar-refractivity contribution in [1.82, 2.24) is 9.88 Å². The standard InChI is InChI=1S/C11H14N2O3/c14-7-8-3-2-6-13(8)11(16)10-9(15)4-1-5-12-10/h1,4-5,8,14-15H,2-3,6-7H2/t8-/m1/s1. The first kappa shape index (κ1) is 10.9. The summed E-state index contributed by atoms with van der Waals surface area (Å²) in [4.78, 5) is 17.5. The SMILES string of the molecule is O=C(c1ncccc1O)N1CCC[C@@H]1CO. The fourth-order valence-corrected chi connectivity index (χ4v) is 1.99. The molecule has 2 N–H and O–H groups in total. The molecule has 1 aromatic heterocycles. The predicted molar refractivity (Wildman–Crippen MR) is 57.0 cm³/mol. The van der Waals surface area contributed by atoms with Gasteiger partial charge < -0.3 is 15.1 Å². The minimum absolute atomic E-state index is 0.0423. The van der Waals surface area contributed by atoms with Gasteiger partial charge in [0, 0.05) is 12.7 Å². The summed E-state index contributed by atoms with van der Waals surface area (Å²) >= 11 is 0. The highest BCUT2D eigenvalue weighted by Gasteiger charge is 2.30. The lowest BCUT2D eigenvalue weighted by Crippen LogP contribution is -2.38. The average molecular weight is 222 g/mol. The van der Waals surface area contributed by atoms with E-state index in [1.165, 1.54) is 12.3 Å². The lowest BCUT2D eigenvalue weighted by atomic mass is 10.2. The third kappa shape index (κ3) is 1.86. The van der Waals surface area contributed by atoms with Gasteiger partial charge in [-0.15, -0.1) is 0 Å². The van der Waals surface area contributed by atoms with Gasteiger partial charge in [0.2, 0.25) is 0 Å². The first-order valence-corrected chi connectivity index (χ1v) is 5.30. The number of aromatic hydroxyl groups is 1. The number of carbonyl (C=O) groups excluding carboxylic acids is 1. The van der Waals surface area contributed by atoms with Crippen molar-refractivity contribution in [3.63, 3.8) is 0 Å². The van der Waals surface area contributed by atoms with Crippen molar-refractivity contribution in [2.24, 2.45) is 0 Å². The first-order chi connectivity index (χ1) is 7.74. The van der Waals surface area contributed by atoms with E-state index in [0.717, 1.165) is 12.8 Å². The molecule has 0 saturated carbocycles. The molecule has 86 valence electrons. The minimum atomic E-state index is -0.311. The molecular weight excluding hydrogens is 208 g/mol. The third-order valence-electron chi connectivity index (χ3n) is 2.84. The molecule has 1 atom stereocenters. The minimum Gasteiger partial charge on any atom is -0.505 e. The van der Waals surface area contributed by atoms with E-state index in [0.29, 0.717) is 6.54 Å². The van der Waals surface area contributed by atoms with Crippen molar-refractivity contribution in [1.29, 1.82) is 0 Å². The third-order valence-corrected chi connectivity index (χ3v) is 2.84. The van der Waals surface area contributed by atoms with E-state index in [1.807, 2.05) is 0 Å². The summed E-state index contributed by atoms with van der Waals surface area (Å²) in [6.45, 7) is 0.569. The zero-order chi connectivity index (χ0) is 11.5. The van der Waals surface area contributed by atoms with Gasteiger partial charge in [-0.05, 0) is 25.0 Å². The molecule has 1 amide bonds. The topological polar surface area (TPSA) is 73.7 Å². The molecule has 1 aromatic rings. The van der Waals surface area contributed by atoms with E-state index in [9.17, 15) is 9.90 Å². The quantitative estimate of drug-likeness (QED) is 0.759. The van der Waals surface area contributed by atoms with Gasteiger partial charge >= 0.3 is 0 Å². The van der Waals surface area contributed by atoms with Crippen molar-refractivity contribution in [2.75, 3.05) is 13.2 Å². The van der Waals surface area contributed by atoms with Crippen molar-refractivity contribution >= 4 is 5.91 Å². The average Bonchev–Trinajstić information content (AvgIpc) is 2.77. The maximum absolute atomic E-state index is 12.0. The van der Waals surface area contributed by atoms with E-state index < -0.39 is 0 Å². The van der Waals surface area contributed by atoms with Crippen LogP contribution in [0.15, 0.2) is 18.3 Å². The van der Waals surface area contributed by atoms with Crippen LogP contribution in [-0.2, 0) is 0 Å². The highest BCUT2D eigenvalue weighted by atomic mass is 16.3. The number of nitrogens with zero attached hydrogens (tertiary/aromatic N) is 2. The normalized spacial score (nSPS) is 20.1. The summed E-state index contributed by atoms with van der Waals surface area (Å²) in [5.41, 5.74) is 0.0582. The smallest absolute Gasteiger partial charge is 0.276 e. The molecular formula is C11H14N2O3. The fraction of sp³-hybridized carbons (Fsp3) is 0.455. The van der Waals surface area contributed by atoms with Gasteiger partial charge in [-0.1, -0.05) is 0 Å². The van der Waals surface area contributed by atoms with Crippen molar-refractivity contribution in [3.05, 3.63) is 24.0 Å². The molecule has 1 aliphatic heterocycles. The number of likely N-dealkylation sites (tertiary alicyclic amines) is 1. The molecule has 0 bridgehead atoms. The highest BCUT2D eigenvalue weighted by Crippen LogP contribution is 2.22. The van der Waals surface area contributed by atoms with Crippen molar-refractivity contribution < 1.29 is 15.0 Å². The zero-order valence-electron chi connectivity index (χ0n) is 8.83. The van der Waals surface area contributed by atoms with Gasteiger partial charge in [-0.25, -0.2) is 4.98 Å². The predicted octanol–water partition coefficient (Wildman–Crippen LogP) is 0.384. The molecule has 5 nitrogen and oxygen atoms in total. The molecule has 2 rings (SSSR count). The second-order valence-corrected chi connectivity index (χ2v) is 3.85. The number of aliphatic hydroxyl groups excluding tert-OH is 1. The van der Waals surface area contributed by atoms with Crippen LogP contribution in [-0.4, -0.2) is 45.2 Å². The highest BCUT2D eigenvalue weighted by molar-refractivity contribution is 5.95. The Morgan fingerprint density at radius 2 is 2.44 bits per heavy atom. The van der Waals surface area contributed by atoms with E-state index >= 15 is 0 Å². The summed E-state index contributed by atoms with van der Waals surface area (Å²) in [5.74, 6) is -0.425. The largest absolute Gasteiger partial charge is 0.505 e. The monoisotopic (exact) mass is 222 g/mol. The Hall–Kier alpha value is -1.62. The Kier molecular flexibility index (Phi) is 3.05. The summed E-state index contributed by atoms with van der Waals surface area (Å²) in [6, 6.07) is 2.86. The lowest BCUT2D eigenvalue weighted by Gasteiger charge is -2.22. The number of aromatic nitrogens is 1. The molecule has 1 aliphatic rings. The van der Waals surface area contributed by atoms with Gasteiger partial charge in [-0.3, -0.25) is 4.79 Å². The number of rotatable bonds is 2. The van der Waals surface area contributed by atoms with Gasteiger partial charge in [0.25, 0.3) is 5.91 Å². The number of aliphatic hydroxyl groups is 1. The van der Waals surface area contributed by atoms with Crippen LogP contribution in [0.4, 0.5) is 0 Å². The van der Waals surface area contributed by atoms with Gasteiger partial charge in [0.15, 0.2) is 5.69 Å². The van der Waals surface area contributed by atoms with E-state index in [1.54, 1.807) is 11.0 Å². The van der Waals surface area contributed by atoms with Crippen LogP contribution < -0.4 is 0 Å². The number of hydrogen-bond acceptors (Lipinski definition) is 4. The maximum Gasteiger partial charge on any atom is 0.276 e. The number of amides is 1. The summed E-state index contributed by atoms with van der Waals surface area (Å²) in [7, 11) is 0. The molecule has 2 heterocycles. The lowest BCUT2D eigenvalue weighted by molar-refractivity contribution is 0.0668. The molecule has 0 spiro atoms. The van der Waals surface area contributed by atoms with Crippen LogP contribution in [0.25, 0.3) is 0 Å². The summed E-state index contributed by atoms with van der Waals surface area (Å²) in [6.07, 6.45) is 3.15. The van der Waals surface area contributed by atoms with Crippen LogP contribution >= 0.6 is 0 Å². The second kappa shape index (κ2) is 4.49. The van der Waals surface area contributed by atoms with Crippen LogP contribution in [0.3, 0.4) is 0 Å². The van der Waals surface area contributed by atoms with E-state index in [2.05, 4.69) is 4.98 Å². The Morgan fingerprint density at radius 1 is 1.62 bits per heavy atom. The van der Waals surface area contributed by atoms with Crippen LogP contribution in [0.1, 0.15) is 23.3 Å². The zero-order valence-corrected chi connectivity index (χ0v) is 8.83. The summed E-state index contributed by atoms with van der Waals surface area (Å²) in [5, 5.41) is 18.7. The van der Waals surface area contributed by atoms with Crippen LogP contribution in [0, 0.1) is 0 Å². The maximum atomic E-state index is 12.0. The fourth-order valence-electron chi connectivity index (χ4n) is 1.99. The Balaban J connectivity index is 2.22. The van der Waals surface area contributed by atoms with Gasteiger partial charge in [0.1, 0.15) is 5.75 Å². The molecule has 1 fully saturated rings. The van der Waals surface area contributed by atoms with Crippen molar-refractivity contribution in [2.45, 2.75) is 18.9 Å². The van der Waals surface area contributed by atoms with Gasteiger partial charge in [-0.2, -0.15) is 0 Å². The van der Waals surface area contributed by atoms with E-state index in [-0.39, 0.29) is 30.0 Å². The Labute approximate surface area is 93.3 Å². The number of pyridine rings is 1. The molecule has 0 radical (unpaired) electrons. The first-order valence-electron chi connectivity index (χ1n) is 5.30. The molecule has 1 saturated heterocycles. The number of hydrogen-bond donors (Lipinski definition) is 2. The van der Waals surface area contributed by atoms with Crippen molar-refractivity contribution in [3.8, 4) is 5.75 Å². The van der Waals surface area contributed by atoms with Crippen LogP contribution in [0.5, 0.6) is 5.75 Å². The Bertz CT molecular complexity index is 395. The molecule has 0 aromatic carbocycles. The Morgan fingerprint density at radius 3 is 3.12 bits per heavy atom. The molecule has 0 unspecified atom stereocenters. The van der Waals surface area contributed by atoms with E-state index in [4.69, 9.17) is 5.11 Å². The molecule has 16 heavy (non-hydrogen) atoms. The molecule has 5 heteroatoms. The second-order valence-electron chi connectivity index (χ2n) is 3.85.